The zero-order valence-electron chi connectivity index (χ0n) is 6.79. The summed E-state index contributed by atoms with van der Waals surface area (Å²) in [5.74, 6) is 6.29. The van der Waals surface area contributed by atoms with Crippen LogP contribution in [0.1, 0.15) is 31.2 Å². The Hall–Kier alpha value is -0.870. The number of hydrogen-bond donors (Lipinski definition) is 2. The van der Waals surface area contributed by atoms with Gasteiger partial charge in [0.15, 0.2) is 5.76 Å². The van der Waals surface area contributed by atoms with Crippen molar-refractivity contribution in [2.24, 2.45) is 5.84 Å². The van der Waals surface area contributed by atoms with Gasteiger partial charge in [0.2, 0.25) is 0 Å². The van der Waals surface area contributed by atoms with E-state index >= 15 is 0 Å². The molecule has 0 saturated carbocycles. The predicted octanol–water partition coefficient (Wildman–Crippen LogP) is 0.761. The molecule has 0 radical (unpaired) electrons. The van der Waals surface area contributed by atoms with E-state index in [1.165, 1.54) is 0 Å². The van der Waals surface area contributed by atoms with Crippen molar-refractivity contribution in [3.63, 3.8) is 0 Å². The maximum Gasteiger partial charge on any atom is 0.152 e. The van der Waals surface area contributed by atoms with E-state index in [0.29, 0.717) is 12.5 Å². The first-order valence-corrected chi connectivity index (χ1v) is 3.63. The zero-order valence-corrected chi connectivity index (χ0v) is 6.79. The summed E-state index contributed by atoms with van der Waals surface area (Å²) in [6, 6.07) is 1.91. The molecule has 0 atom stereocenters. The summed E-state index contributed by atoms with van der Waals surface area (Å²) < 4.78 is 4.97. The van der Waals surface area contributed by atoms with Crippen LogP contribution in [0.2, 0.25) is 0 Å². The second-order valence-electron chi connectivity index (χ2n) is 2.75. The van der Waals surface area contributed by atoms with E-state index < -0.39 is 0 Å². The van der Waals surface area contributed by atoms with Crippen LogP contribution in [0.4, 0.5) is 0 Å². The van der Waals surface area contributed by atoms with Crippen molar-refractivity contribution in [3.05, 3.63) is 17.5 Å². The molecule has 4 nitrogen and oxygen atoms in total. The molecule has 11 heavy (non-hydrogen) atoms. The molecule has 0 spiro atoms. The minimum Gasteiger partial charge on any atom is -0.360 e. The van der Waals surface area contributed by atoms with Crippen LogP contribution in [0.5, 0.6) is 0 Å². The van der Waals surface area contributed by atoms with Gasteiger partial charge in [-0.15, -0.1) is 0 Å². The Morgan fingerprint density at radius 3 is 2.91 bits per heavy atom. The van der Waals surface area contributed by atoms with Gasteiger partial charge < -0.3 is 4.52 Å². The van der Waals surface area contributed by atoms with Gasteiger partial charge in [0.05, 0.1) is 12.2 Å². The first-order chi connectivity index (χ1) is 5.24. The van der Waals surface area contributed by atoms with Gasteiger partial charge in [0, 0.05) is 6.07 Å². The molecule has 0 bridgehead atoms. The molecule has 0 saturated heterocycles. The summed E-state index contributed by atoms with van der Waals surface area (Å²) in [7, 11) is 0. The van der Waals surface area contributed by atoms with Gasteiger partial charge in [-0.2, -0.15) is 0 Å². The SMILES string of the molecule is CC(C)c1cc(CNN)on1. The minimum atomic E-state index is 0.408. The summed E-state index contributed by atoms with van der Waals surface area (Å²) in [5.41, 5.74) is 3.47. The van der Waals surface area contributed by atoms with Gasteiger partial charge in [0.1, 0.15) is 0 Å². The van der Waals surface area contributed by atoms with Gasteiger partial charge in [0.25, 0.3) is 0 Å². The molecule has 4 heteroatoms. The molecule has 0 aliphatic heterocycles. The van der Waals surface area contributed by atoms with E-state index in [1.54, 1.807) is 0 Å². The normalized spacial score (nSPS) is 10.9. The van der Waals surface area contributed by atoms with Crippen molar-refractivity contribution < 1.29 is 4.52 Å². The molecule has 0 fully saturated rings. The largest absolute Gasteiger partial charge is 0.360 e. The Balaban J connectivity index is 2.66. The third kappa shape index (κ3) is 2.03. The van der Waals surface area contributed by atoms with Crippen LogP contribution in [-0.4, -0.2) is 5.16 Å². The van der Waals surface area contributed by atoms with Crippen LogP contribution >= 0.6 is 0 Å². The lowest BCUT2D eigenvalue weighted by Crippen LogP contribution is -2.20. The van der Waals surface area contributed by atoms with E-state index in [9.17, 15) is 0 Å². The Bertz CT molecular complexity index is 219. The quantitative estimate of drug-likeness (QED) is 0.499. The lowest BCUT2D eigenvalue weighted by atomic mass is 10.1. The maximum atomic E-state index is 5.11. The highest BCUT2D eigenvalue weighted by Gasteiger charge is 2.05. The summed E-state index contributed by atoms with van der Waals surface area (Å²) in [5, 5.41) is 3.86. The molecule has 62 valence electrons. The first-order valence-electron chi connectivity index (χ1n) is 3.63. The van der Waals surface area contributed by atoms with E-state index in [1.807, 2.05) is 6.07 Å². The molecule has 0 aliphatic carbocycles. The highest BCUT2D eigenvalue weighted by Crippen LogP contribution is 2.13. The molecule has 0 amide bonds. The smallest absolute Gasteiger partial charge is 0.152 e. The third-order valence-electron chi connectivity index (χ3n) is 1.45. The van der Waals surface area contributed by atoms with E-state index in [-0.39, 0.29) is 0 Å². The molecular formula is C7H13N3O. The second-order valence-corrected chi connectivity index (χ2v) is 2.75. The van der Waals surface area contributed by atoms with Crippen molar-refractivity contribution in [1.82, 2.24) is 10.6 Å². The van der Waals surface area contributed by atoms with Gasteiger partial charge in [-0.1, -0.05) is 19.0 Å². The van der Waals surface area contributed by atoms with Gasteiger partial charge in [-0.25, -0.2) is 0 Å². The monoisotopic (exact) mass is 155 g/mol. The molecule has 1 heterocycles. The summed E-state index contributed by atoms with van der Waals surface area (Å²) >= 11 is 0. The lowest BCUT2D eigenvalue weighted by Gasteiger charge is -1.93. The fraction of sp³-hybridized carbons (Fsp3) is 0.571. The number of nitrogens with one attached hydrogen (secondary N) is 1. The Morgan fingerprint density at radius 1 is 1.73 bits per heavy atom. The number of nitrogens with zero attached hydrogens (tertiary/aromatic N) is 1. The molecule has 0 aliphatic rings. The van der Waals surface area contributed by atoms with Gasteiger partial charge >= 0.3 is 0 Å². The van der Waals surface area contributed by atoms with Crippen LogP contribution in [-0.2, 0) is 6.54 Å². The Labute approximate surface area is 65.7 Å². The highest BCUT2D eigenvalue weighted by molar-refractivity contribution is 5.08. The molecule has 1 aromatic heterocycles. The average molecular weight is 155 g/mol. The minimum absolute atomic E-state index is 0.408. The molecule has 0 aromatic carbocycles. The van der Waals surface area contributed by atoms with Gasteiger partial charge in [-0.3, -0.25) is 11.3 Å². The second kappa shape index (κ2) is 3.50. The number of nitrogens with two attached hydrogens (primary N) is 1. The van der Waals surface area contributed by atoms with Crippen LogP contribution in [0.25, 0.3) is 0 Å². The predicted molar refractivity (Wildman–Crippen MR) is 41.6 cm³/mol. The van der Waals surface area contributed by atoms with Crippen LogP contribution in [0.3, 0.4) is 0 Å². The maximum absolute atomic E-state index is 5.11. The Kier molecular flexibility index (Phi) is 2.62. The number of aromatic nitrogens is 1. The van der Waals surface area contributed by atoms with Crippen molar-refractivity contribution in [2.45, 2.75) is 26.3 Å². The summed E-state index contributed by atoms with van der Waals surface area (Å²) in [4.78, 5) is 0. The molecule has 3 N–H and O–H groups in total. The number of rotatable bonds is 3. The fourth-order valence-electron chi connectivity index (χ4n) is 0.785. The van der Waals surface area contributed by atoms with Crippen molar-refractivity contribution in [1.29, 1.82) is 0 Å². The van der Waals surface area contributed by atoms with E-state index in [4.69, 9.17) is 10.4 Å². The van der Waals surface area contributed by atoms with Crippen LogP contribution < -0.4 is 11.3 Å². The summed E-state index contributed by atoms with van der Waals surface area (Å²) in [6.45, 7) is 4.66. The Morgan fingerprint density at radius 2 is 2.45 bits per heavy atom. The van der Waals surface area contributed by atoms with Crippen LogP contribution in [0, 0.1) is 0 Å². The van der Waals surface area contributed by atoms with Crippen molar-refractivity contribution in [2.75, 3.05) is 0 Å². The third-order valence-corrected chi connectivity index (χ3v) is 1.45. The molecule has 0 unspecified atom stereocenters. The highest BCUT2D eigenvalue weighted by atomic mass is 16.5. The van der Waals surface area contributed by atoms with E-state index in [0.717, 1.165) is 11.5 Å². The topological polar surface area (TPSA) is 64.1 Å². The van der Waals surface area contributed by atoms with E-state index in [2.05, 4.69) is 24.4 Å². The summed E-state index contributed by atoms with van der Waals surface area (Å²) in [6.07, 6.45) is 0. The molecule has 1 rings (SSSR count). The first kappa shape index (κ1) is 8.23. The zero-order chi connectivity index (χ0) is 8.27. The van der Waals surface area contributed by atoms with Gasteiger partial charge in [-0.05, 0) is 5.92 Å². The number of hydrazine groups is 1. The van der Waals surface area contributed by atoms with Crippen molar-refractivity contribution >= 4 is 0 Å². The van der Waals surface area contributed by atoms with Crippen LogP contribution in [0.15, 0.2) is 10.6 Å². The number of hydrogen-bond acceptors (Lipinski definition) is 4. The molecular weight excluding hydrogens is 142 g/mol. The average Bonchev–Trinajstić information content (AvgIpc) is 2.37. The molecule has 1 aromatic rings. The fourth-order valence-corrected chi connectivity index (χ4v) is 0.785. The lowest BCUT2D eigenvalue weighted by molar-refractivity contribution is 0.366. The van der Waals surface area contributed by atoms with Crippen molar-refractivity contribution in [3.8, 4) is 0 Å². The standard InChI is InChI=1S/C7H13N3O/c1-5(2)7-3-6(4-9-8)11-10-7/h3,5,9H,4,8H2,1-2H3.